The first-order chi connectivity index (χ1) is 9.61. The van der Waals surface area contributed by atoms with E-state index in [1.807, 2.05) is 33.2 Å². The molecule has 0 aliphatic heterocycles. The number of nitrogens with one attached hydrogen (secondary N) is 1. The molecule has 1 N–H and O–H groups in total. The molecule has 2 rings (SSSR count). The number of rotatable bonds is 5. The van der Waals surface area contributed by atoms with Crippen LogP contribution in [0, 0.1) is 5.82 Å². The van der Waals surface area contributed by atoms with Crippen LogP contribution in [0.1, 0.15) is 24.1 Å². The van der Waals surface area contributed by atoms with Crippen LogP contribution in [0.25, 0.3) is 0 Å². The zero-order valence-electron chi connectivity index (χ0n) is 12.1. The van der Waals surface area contributed by atoms with Gasteiger partial charge in [0.25, 0.3) is 0 Å². The maximum absolute atomic E-state index is 13.4. The molecule has 0 aliphatic carbocycles. The molecule has 0 amide bonds. The van der Waals surface area contributed by atoms with Gasteiger partial charge in [0.05, 0.1) is 12.2 Å². The van der Waals surface area contributed by atoms with Crippen molar-refractivity contribution >= 4 is 5.69 Å². The summed E-state index contributed by atoms with van der Waals surface area (Å²) in [6.45, 7) is 2.84. The monoisotopic (exact) mass is 273 g/mol. The highest BCUT2D eigenvalue weighted by molar-refractivity contribution is 5.49. The van der Waals surface area contributed by atoms with Crippen LogP contribution in [0.4, 0.5) is 10.1 Å². The molecule has 0 radical (unpaired) electrons. The Balaban J connectivity index is 2.40. The van der Waals surface area contributed by atoms with Crippen LogP contribution in [-0.2, 0) is 0 Å². The van der Waals surface area contributed by atoms with Gasteiger partial charge in [0.1, 0.15) is 5.82 Å². The lowest BCUT2D eigenvalue weighted by Crippen LogP contribution is -2.22. The Bertz CT molecular complexity index is 569. The van der Waals surface area contributed by atoms with Gasteiger partial charge in [-0.3, -0.25) is 4.98 Å². The summed E-state index contributed by atoms with van der Waals surface area (Å²) < 4.78 is 13.4. The van der Waals surface area contributed by atoms with E-state index in [0.717, 1.165) is 23.4 Å². The number of hydrogen-bond acceptors (Lipinski definition) is 3. The van der Waals surface area contributed by atoms with Gasteiger partial charge in [0.15, 0.2) is 0 Å². The van der Waals surface area contributed by atoms with Gasteiger partial charge < -0.3 is 10.2 Å². The SMILES string of the molecule is CCNC(c1cncc(F)c1)c1cccc(N(C)C)c1. The van der Waals surface area contributed by atoms with E-state index < -0.39 is 0 Å². The predicted molar refractivity (Wildman–Crippen MR) is 80.5 cm³/mol. The molecule has 1 aromatic carbocycles. The topological polar surface area (TPSA) is 28.2 Å². The van der Waals surface area contributed by atoms with Gasteiger partial charge in [-0.25, -0.2) is 4.39 Å². The molecule has 0 bridgehead atoms. The largest absolute Gasteiger partial charge is 0.378 e. The molecule has 3 nitrogen and oxygen atoms in total. The Morgan fingerprint density at radius 3 is 2.65 bits per heavy atom. The molecule has 1 heterocycles. The normalized spacial score (nSPS) is 12.2. The first-order valence-corrected chi connectivity index (χ1v) is 6.73. The maximum atomic E-state index is 13.4. The van der Waals surface area contributed by atoms with Crippen LogP contribution in [0.15, 0.2) is 42.7 Å². The van der Waals surface area contributed by atoms with Crippen molar-refractivity contribution in [2.45, 2.75) is 13.0 Å². The Hall–Kier alpha value is -1.94. The standard InChI is InChI=1S/C16H20FN3/c1-4-19-16(13-8-14(17)11-18-10-13)12-6-5-7-15(9-12)20(2)3/h5-11,16,19H,4H2,1-3H3. The number of hydrogen-bond donors (Lipinski definition) is 1. The van der Waals surface area contributed by atoms with Crippen LogP contribution >= 0.6 is 0 Å². The molecule has 20 heavy (non-hydrogen) atoms. The summed E-state index contributed by atoms with van der Waals surface area (Å²) in [5.74, 6) is -0.311. The first-order valence-electron chi connectivity index (χ1n) is 6.73. The second-order valence-corrected chi connectivity index (χ2v) is 4.92. The first kappa shape index (κ1) is 14.5. The third kappa shape index (κ3) is 3.33. The summed E-state index contributed by atoms with van der Waals surface area (Å²) in [5.41, 5.74) is 3.06. The van der Waals surface area contributed by atoms with Crippen molar-refractivity contribution in [2.24, 2.45) is 0 Å². The lowest BCUT2D eigenvalue weighted by Gasteiger charge is -2.21. The van der Waals surface area contributed by atoms with E-state index in [1.54, 1.807) is 6.20 Å². The van der Waals surface area contributed by atoms with Gasteiger partial charge in [-0.1, -0.05) is 19.1 Å². The van der Waals surface area contributed by atoms with Crippen LogP contribution in [-0.4, -0.2) is 25.6 Å². The van der Waals surface area contributed by atoms with Gasteiger partial charge >= 0.3 is 0 Å². The predicted octanol–water partition coefficient (Wildman–Crippen LogP) is 2.99. The average Bonchev–Trinajstić information content (AvgIpc) is 2.45. The van der Waals surface area contributed by atoms with E-state index in [2.05, 4.69) is 27.3 Å². The summed E-state index contributed by atoms with van der Waals surface area (Å²) in [6.07, 6.45) is 2.93. The molecule has 0 saturated carbocycles. The van der Waals surface area contributed by atoms with Gasteiger partial charge in [-0.05, 0) is 35.9 Å². The minimum atomic E-state index is -0.311. The Morgan fingerprint density at radius 1 is 1.20 bits per heavy atom. The van der Waals surface area contributed by atoms with Crippen molar-refractivity contribution in [1.82, 2.24) is 10.3 Å². The Kier molecular flexibility index (Phi) is 4.69. The molecule has 1 aromatic heterocycles. The lowest BCUT2D eigenvalue weighted by molar-refractivity contribution is 0.596. The fraction of sp³-hybridized carbons (Fsp3) is 0.312. The molecule has 1 atom stereocenters. The van der Waals surface area contributed by atoms with E-state index in [4.69, 9.17) is 0 Å². The van der Waals surface area contributed by atoms with E-state index in [9.17, 15) is 4.39 Å². The lowest BCUT2D eigenvalue weighted by atomic mass is 9.99. The van der Waals surface area contributed by atoms with Crippen LogP contribution in [0.5, 0.6) is 0 Å². The van der Waals surface area contributed by atoms with Crippen molar-refractivity contribution in [2.75, 3.05) is 25.5 Å². The van der Waals surface area contributed by atoms with Crippen LogP contribution in [0.3, 0.4) is 0 Å². The molecular formula is C16H20FN3. The molecule has 0 aliphatic rings. The summed E-state index contributed by atoms with van der Waals surface area (Å²) in [4.78, 5) is 6.00. The number of nitrogens with zero attached hydrogens (tertiary/aromatic N) is 2. The van der Waals surface area contributed by atoms with Crippen molar-refractivity contribution < 1.29 is 4.39 Å². The number of aromatic nitrogens is 1. The van der Waals surface area contributed by atoms with Crippen LogP contribution in [0.2, 0.25) is 0 Å². The van der Waals surface area contributed by atoms with Crippen molar-refractivity contribution in [3.63, 3.8) is 0 Å². The third-order valence-electron chi connectivity index (χ3n) is 3.19. The quantitative estimate of drug-likeness (QED) is 0.907. The molecule has 0 spiro atoms. The van der Waals surface area contributed by atoms with Crippen molar-refractivity contribution in [3.8, 4) is 0 Å². The third-order valence-corrected chi connectivity index (χ3v) is 3.19. The zero-order valence-corrected chi connectivity index (χ0v) is 12.1. The number of halogens is 1. The minimum Gasteiger partial charge on any atom is -0.378 e. The average molecular weight is 273 g/mol. The fourth-order valence-electron chi connectivity index (χ4n) is 2.20. The zero-order chi connectivity index (χ0) is 14.5. The molecule has 106 valence electrons. The van der Waals surface area contributed by atoms with Crippen molar-refractivity contribution in [3.05, 3.63) is 59.7 Å². The van der Waals surface area contributed by atoms with E-state index >= 15 is 0 Å². The number of benzene rings is 1. The second kappa shape index (κ2) is 6.48. The summed E-state index contributed by atoms with van der Waals surface area (Å²) in [6, 6.07) is 9.70. The summed E-state index contributed by atoms with van der Waals surface area (Å²) >= 11 is 0. The summed E-state index contributed by atoms with van der Waals surface area (Å²) in [5, 5.41) is 3.38. The molecular weight excluding hydrogens is 253 g/mol. The van der Waals surface area contributed by atoms with Crippen LogP contribution < -0.4 is 10.2 Å². The molecule has 4 heteroatoms. The maximum Gasteiger partial charge on any atom is 0.141 e. The molecule has 0 fully saturated rings. The highest BCUT2D eigenvalue weighted by Gasteiger charge is 2.14. The highest BCUT2D eigenvalue weighted by Crippen LogP contribution is 2.25. The van der Waals surface area contributed by atoms with E-state index in [0.29, 0.717) is 0 Å². The number of anilines is 1. The molecule has 2 aromatic rings. The van der Waals surface area contributed by atoms with Crippen molar-refractivity contribution in [1.29, 1.82) is 0 Å². The van der Waals surface area contributed by atoms with Gasteiger partial charge in [-0.15, -0.1) is 0 Å². The number of pyridine rings is 1. The minimum absolute atomic E-state index is 0.0527. The fourth-order valence-corrected chi connectivity index (χ4v) is 2.20. The smallest absolute Gasteiger partial charge is 0.141 e. The van der Waals surface area contributed by atoms with E-state index in [1.165, 1.54) is 12.3 Å². The second-order valence-electron chi connectivity index (χ2n) is 4.92. The molecule has 1 unspecified atom stereocenters. The Labute approximate surface area is 119 Å². The Morgan fingerprint density at radius 2 is 2.00 bits per heavy atom. The highest BCUT2D eigenvalue weighted by atomic mass is 19.1. The van der Waals surface area contributed by atoms with Gasteiger partial charge in [0.2, 0.25) is 0 Å². The summed E-state index contributed by atoms with van der Waals surface area (Å²) in [7, 11) is 4.01. The van der Waals surface area contributed by atoms with E-state index in [-0.39, 0.29) is 11.9 Å². The molecule has 0 saturated heterocycles. The van der Waals surface area contributed by atoms with Gasteiger partial charge in [-0.2, -0.15) is 0 Å². The van der Waals surface area contributed by atoms with Gasteiger partial charge in [0, 0.05) is 26.0 Å².